The van der Waals surface area contributed by atoms with E-state index in [4.69, 9.17) is 0 Å². The van der Waals surface area contributed by atoms with E-state index in [1.807, 2.05) is 0 Å². The molecule has 0 aromatic rings. The minimum Gasteiger partial charge on any atom is -0.354 e. The first kappa shape index (κ1) is 9.00. The molecule has 1 amide bonds. The third-order valence-electron chi connectivity index (χ3n) is 3.43. The number of carbonyl (C=O) groups excluding carboxylic acids is 1. The van der Waals surface area contributed by atoms with Crippen LogP contribution in [-0.2, 0) is 4.79 Å². The molecule has 2 rings (SSSR count). The molecule has 2 fully saturated rings. The minimum absolute atomic E-state index is 0.237. The predicted octanol–water partition coefficient (Wildman–Crippen LogP) is 0.749. The summed E-state index contributed by atoms with van der Waals surface area (Å²) >= 11 is 0. The molecule has 74 valence electrons. The lowest BCUT2D eigenvalue weighted by Crippen LogP contribution is -2.40. The van der Waals surface area contributed by atoms with Crippen LogP contribution in [0.4, 0.5) is 0 Å². The van der Waals surface area contributed by atoms with Crippen LogP contribution in [0.25, 0.3) is 0 Å². The highest BCUT2D eigenvalue weighted by Crippen LogP contribution is 2.23. The number of hydrogen-bond donors (Lipinski definition) is 1. The van der Waals surface area contributed by atoms with Crippen LogP contribution in [0.2, 0.25) is 0 Å². The van der Waals surface area contributed by atoms with Crippen LogP contribution < -0.4 is 5.32 Å². The normalized spacial score (nSPS) is 36.2. The standard InChI is InChI=1S/C10H18N2O/c1-12-8-4-2-3-5-9(12)7-11-10(13)6-8/h8-9H,2-7H2,1H3,(H,11,13)/t8-,9+/m0/s1. The van der Waals surface area contributed by atoms with Gasteiger partial charge in [-0.3, -0.25) is 9.69 Å². The van der Waals surface area contributed by atoms with Crippen LogP contribution in [0.5, 0.6) is 0 Å². The van der Waals surface area contributed by atoms with Gasteiger partial charge in [-0.1, -0.05) is 12.8 Å². The van der Waals surface area contributed by atoms with Gasteiger partial charge >= 0.3 is 0 Å². The summed E-state index contributed by atoms with van der Waals surface area (Å²) in [4.78, 5) is 13.8. The Labute approximate surface area is 79.5 Å². The Kier molecular flexibility index (Phi) is 2.54. The van der Waals surface area contributed by atoms with Crippen molar-refractivity contribution in [1.82, 2.24) is 10.2 Å². The summed E-state index contributed by atoms with van der Waals surface area (Å²) < 4.78 is 0. The van der Waals surface area contributed by atoms with E-state index in [9.17, 15) is 4.79 Å². The van der Waals surface area contributed by atoms with Crippen LogP contribution in [0.15, 0.2) is 0 Å². The molecule has 2 saturated heterocycles. The van der Waals surface area contributed by atoms with Crippen LogP contribution in [-0.4, -0.2) is 36.5 Å². The topological polar surface area (TPSA) is 32.3 Å². The molecule has 2 bridgehead atoms. The molecule has 0 unspecified atom stereocenters. The molecule has 3 heteroatoms. The summed E-state index contributed by atoms with van der Waals surface area (Å²) in [5.74, 6) is 0.237. The van der Waals surface area contributed by atoms with Crippen molar-refractivity contribution in [2.75, 3.05) is 13.6 Å². The average molecular weight is 182 g/mol. The molecule has 2 heterocycles. The highest BCUT2D eigenvalue weighted by atomic mass is 16.1. The Balaban J connectivity index is 2.13. The van der Waals surface area contributed by atoms with Crippen molar-refractivity contribution in [1.29, 1.82) is 0 Å². The molecule has 3 nitrogen and oxygen atoms in total. The number of carbonyl (C=O) groups is 1. The van der Waals surface area contributed by atoms with Crippen molar-refractivity contribution in [3.63, 3.8) is 0 Å². The van der Waals surface area contributed by atoms with E-state index in [-0.39, 0.29) is 5.91 Å². The van der Waals surface area contributed by atoms with Gasteiger partial charge in [0, 0.05) is 25.0 Å². The van der Waals surface area contributed by atoms with E-state index in [0.717, 1.165) is 6.54 Å². The fraction of sp³-hybridized carbons (Fsp3) is 0.900. The number of rotatable bonds is 0. The molecule has 0 saturated carbocycles. The average Bonchev–Trinajstić information content (AvgIpc) is 2.35. The maximum Gasteiger partial charge on any atom is 0.221 e. The Hall–Kier alpha value is -0.570. The number of amides is 1. The van der Waals surface area contributed by atoms with E-state index < -0.39 is 0 Å². The van der Waals surface area contributed by atoms with Crippen LogP contribution in [0, 0.1) is 0 Å². The molecule has 0 spiro atoms. The van der Waals surface area contributed by atoms with E-state index >= 15 is 0 Å². The smallest absolute Gasteiger partial charge is 0.221 e. The zero-order valence-corrected chi connectivity index (χ0v) is 8.25. The second kappa shape index (κ2) is 3.66. The van der Waals surface area contributed by atoms with Gasteiger partial charge in [0.25, 0.3) is 0 Å². The second-order valence-corrected chi connectivity index (χ2v) is 4.27. The maximum atomic E-state index is 11.3. The molecular weight excluding hydrogens is 164 g/mol. The predicted molar refractivity (Wildman–Crippen MR) is 51.4 cm³/mol. The van der Waals surface area contributed by atoms with Gasteiger partial charge < -0.3 is 5.32 Å². The number of fused-ring (bicyclic) bond motifs is 2. The Morgan fingerprint density at radius 3 is 2.77 bits per heavy atom. The zero-order valence-electron chi connectivity index (χ0n) is 8.25. The summed E-state index contributed by atoms with van der Waals surface area (Å²) in [5.41, 5.74) is 0. The van der Waals surface area contributed by atoms with E-state index in [1.165, 1.54) is 25.7 Å². The minimum atomic E-state index is 0.237. The molecule has 2 atom stereocenters. The van der Waals surface area contributed by atoms with Crippen molar-refractivity contribution < 1.29 is 4.79 Å². The highest BCUT2D eigenvalue weighted by molar-refractivity contribution is 5.76. The quantitative estimate of drug-likeness (QED) is 0.599. The van der Waals surface area contributed by atoms with Gasteiger partial charge in [-0.2, -0.15) is 0 Å². The molecule has 2 aliphatic rings. The molecule has 0 aromatic heterocycles. The molecule has 0 aliphatic carbocycles. The Bertz CT molecular complexity index is 205. The van der Waals surface area contributed by atoms with Gasteiger partial charge in [-0.05, 0) is 19.9 Å². The fourth-order valence-electron chi connectivity index (χ4n) is 2.48. The first-order valence-electron chi connectivity index (χ1n) is 5.26. The summed E-state index contributed by atoms with van der Waals surface area (Å²) in [5, 5.41) is 2.99. The maximum absolute atomic E-state index is 11.3. The highest BCUT2D eigenvalue weighted by Gasteiger charge is 2.30. The molecular formula is C10H18N2O. The Morgan fingerprint density at radius 2 is 2.00 bits per heavy atom. The molecule has 2 aliphatic heterocycles. The number of hydrogen-bond acceptors (Lipinski definition) is 2. The van der Waals surface area contributed by atoms with Crippen molar-refractivity contribution in [3.05, 3.63) is 0 Å². The number of likely N-dealkylation sites (N-methyl/N-ethyl adjacent to an activating group) is 1. The van der Waals surface area contributed by atoms with Gasteiger partial charge in [-0.25, -0.2) is 0 Å². The van der Waals surface area contributed by atoms with Crippen molar-refractivity contribution in [2.24, 2.45) is 0 Å². The Morgan fingerprint density at radius 1 is 1.31 bits per heavy atom. The summed E-state index contributed by atoms with van der Waals surface area (Å²) in [6.07, 6.45) is 5.75. The second-order valence-electron chi connectivity index (χ2n) is 4.27. The van der Waals surface area contributed by atoms with Crippen LogP contribution >= 0.6 is 0 Å². The lowest BCUT2D eigenvalue weighted by atomic mass is 10.1. The van der Waals surface area contributed by atoms with Gasteiger partial charge in [0.15, 0.2) is 0 Å². The van der Waals surface area contributed by atoms with Gasteiger partial charge in [-0.15, -0.1) is 0 Å². The van der Waals surface area contributed by atoms with Crippen LogP contribution in [0.3, 0.4) is 0 Å². The number of nitrogens with zero attached hydrogens (tertiary/aromatic N) is 1. The monoisotopic (exact) mass is 182 g/mol. The lowest BCUT2D eigenvalue weighted by Gasteiger charge is -2.28. The van der Waals surface area contributed by atoms with Gasteiger partial charge in [0.1, 0.15) is 0 Å². The third kappa shape index (κ3) is 1.85. The fourth-order valence-corrected chi connectivity index (χ4v) is 2.48. The largest absolute Gasteiger partial charge is 0.354 e. The zero-order chi connectivity index (χ0) is 9.26. The summed E-state index contributed by atoms with van der Waals surface area (Å²) in [6.45, 7) is 0.853. The third-order valence-corrected chi connectivity index (χ3v) is 3.43. The van der Waals surface area contributed by atoms with Crippen molar-refractivity contribution in [3.8, 4) is 0 Å². The van der Waals surface area contributed by atoms with E-state index in [2.05, 4.69) is 17.3 Å². The lowest BCUT2D eigenvalue weighted by molar-refractivity contribution is -0.121. The van der Waals surface area contributed by atoms with E-state index in [0.29, 0.717) is 18.5 Å². The molecule has 0 aromatic carbocycles. The van der Waals surface area contributed by atoms with E-state index in [1.54, 1.807) is 0 Å². The van der Waals surface area contributed by atoms with Gasteiger partial charge in [0.2, 0.25) is 5.91 Å². The van der Waals surface area contributed by atoms with Gasteiger partial charge in [0.05, 0.1) is 0 Å². The molecule has 0 radical (unpaired) electrons. The SMILES string of the molecule is CN1[C@@H]2CCCC[C@H]1CC(=O)NC2. The summed E-state index contributed by atoms with van der Waals surface area (Å²) in [6, 6.07) is 1.08. The summed E-state index contributed by atoms with van der Waals surface area (Å²) in [7, 11) is 2.17. The van der Waals surface area contributed by atoms with Crippen LogP contribution in [0.1, 0.15) is 32.1 Å². The van der Waals surface area contributed by atoms with Crippen molar-refractivity contribution >= 4 is 5.91 Å². The molecule has 1 N–H and O–H groups in total. The first-order valence-corrected chi connectivity index (χ1v) is 5.26. The molecule has 13 heavy (non-hydrogen) atoms. The number of nitrogens with one attached hydrogen (secondary N) is 1. The van der Waals surface area contributed by atoms with Crippen molar-refractivity contribution in [2.45, 2.75) is 44.2 Å². The first-order chi connectivity index (χ1) is 6.27.